The van der Waals surface area contributed by atoms with Crippen molar-refractivity contribution in [2.75, 3.05) is 27.8 Å². The molecule has 0 radical (unpaired) electrons. The molecule has 4 aliphatic rings. The van der Waals surface area contributed by atoms with Gasteiger partial charge in [-0.25, -0.2) is 0 Å². The van der Waals surface area contributed by atoms with Crippen LogP contribution in [0, 0.1) is 23.7 Å². The fraction of sp³-hybridized carbons (Fsp3) is 1.00. The second-order valence-corrected chi connectivity index (χ2v) is 7.08. The first-order chi connectivity index (χ1) is 10.7. The maximum absolute atomic E-state index is 6.30. The normalized spacial score (nSPS) is 55.1. The molecule has 4 rings (SSSR count). The van der Waals surface area contributed by atoms with E-state index in [1.54, 1.807) is 14.2 Å². The van der Waals surface area contributed by atoms with Crippen LogP contribution in [0.15, 0.2) is 0 Å². The lowest BCUT2D eigenvalue weighted by molar-refractivity contribution is -0.171. The highest BCUT2D eigenvalue weighted by Gasteiger charge is 2.72. The van der Waals surface area contributed by atoms with E-state index in [2.05, 4.69) is 13.8 Å². The van der Waals surface area contributed by atoms with E-state index in [1.807, 2.05) is 0 Å². The van der Waals surface area contributed by atoms with Crippen LogP contribution >= 0.6 is 0 Å². The molecule has 4 aliphatic heterocycles. The van der Waals surface area contributed by atoms with Gasteiger partial charge < -0.3 is 28.4 Å². The van der Waals surface area contributed by atoms with Gasteiger partial charge in [0.25, 0.3) is 0 Å². The Kier molecular flexibility index (Phi) is 3.95. The minimum atomic E-state index is -0.105. The summed E-state index contributed by atoms with van der Waals surface area (Å²) in [5, 5.41) is 0. The molecule has 0 saturated carbocycles. The topological polar surface area (TPSA) is 55.4 Å². The van der Waals surface area contributed by atoms with Crippen molar-refractivity contribution in [3.8, 4) is 0 Å². The molecule has 0 spiro atoms. The molecule has 0 aliphatic carbocycles. The van der Waals surface area contributed by atoms with Gasteiger partial charge in [-0.15, -0.1) is 0 Å². The van der Waals surface area contributed by atoms with Gasteiger partial charge in [-0.3, -0.25) is 0 Å². The molecule has 126 valence electrons. The zero-order valence-electron chi connectivity index (χ0n) is 13.6. The van der Waals surface area contributed by atoms with Crippen LogP contribution in [-0.4, -0.2) is 64.4 Å². The Bertz CT molecular complexity index is 381. The highest BCUT2D eigenvalue weighted by molar-refractivity contribution is 5.18. The molecule has 0 amide bonds. The van der Waals surface area contributed by atoms with Crippen LogP contribution in [0.25, 0.3) is 0 Å². The molecule has 0 aromatic heterocycles. The van der Waals surface area contributed by atoms with E-state index in [9.17, 15) is 0 Å². The molecule has 4 fully saturated rings. The maximum Gasteiger partial charge on any atom is 0.146 e. The molecular formula is C16H26O6. The Balaban J connectivity index is 1.56. The monoisotopic (exact) mass is 314 g/mol. The summed E-state index contributed by atoms with van der Waals surface area (Å²) in [5.41, 5.74) is 0. The molecular weight excluding hydrogens is 288 g/mol. The third kappa shape index (κ3) is 1.95. The summed E-state index contributed by atoms with van der Waals surface area (Å²) in [4.78, 5) is 0. The summed E-state index contributed by atoms with van der Waals surface area (Å²) in [6, 6.07) is 0. The quantitative estimate of drug-likeness (QED) is 0.683. The summed E-state index contributed by atoms with van der Waals surface area (Å²) >= 11 is 0. The first-order valence-electron chi connectivity index (χ1n) is 8.21. The molecule has 6 heteroatoms. The van der Waals surface area contributed by atoms with Crippen LogP contribution in [0.1, 0.15) is 13.8 Å². The van der Waals surface area contributed by atoms with Gasteiger partial charge in [-0.1, -0.05) is 13.8 Å². The van der Waals surface area contributed by atoms with Crippen molar-refractivity contribution in [1.29, 1.82) is 0 Å². The van der Waals surface area contributed by atoms with Gasteiger partial charge in [-0.2, -0.15) is 0 Å². The van der Waals surface area contributed by atoms with Crippen LogP contribution in [0.4, 0.5) is 0 Å². The number of methoxy groups -OCH3 is 2. The van der Waals surface area contributed by atoms with Crippen molar-refractivity contribution in [3.05, 3.63) is 0 Å². The molecule has 0 aromatic rings. The Morgan fingerprint density at radius 1 is 0.682 bits per heavy atom. The van der Waals surface area contributed by atoms with E-state index in [0.717, 1.165) is 0 Å². The van der Waals surface area contributed by atoms with Crippen molar-refractivity contribution < 1.29 is 28.4 Å². The van der Waals surface area contributed by atoms with Crippen LogP contribution in [-0.2, 0) is 28.4 Å². The first-order valence-corrected chi connectivity index (χ1v) is 8.21. The Morgan fingerprint density at radius 2 is 1.09 bits per heavy atom. The summed E-state index contributed by atoms with van der Waals surface area (Å²) in [5.74, 6) is 2.00. The van der Waals surface area contributed by atoms with Crippen molar-refractivity contribution in [3.63, 3.8) is 0 Å². The number of hydrogen-bond donors (Lipinski definition) is 0. The minimum absolute atomic E-state index is 0.0388. The van der Waals surface area contributed by atoms with Gasteiger partial charge in [0.05, 0.1) is 24.4 Å². The van der Waals surface area contributed by atoms with Gasteiger partial charge in [0, 0.05) is 26.1 Å². The fourth-order valence-corrected chi connectivity index (χ4v) is 5.16. The number of rotatable bonds is 6. The Labute approximate surface area is 131 Å². The van der Waals surface area contributed by atoms with E-state index in [4.69, 9.17) is 28.4 Å². The van der Waals surface area contributed by atoms with E-state index < -0.39 is 0 Å². The van der Waals surface area contributed by atoms with Crippen LogP contribution in [0.5, 0.6) is 0 Å². The van der Waals surface area contributed by atoms with E-state index >= 15 is 0 Å². The van der Waals surface area contributed by atoms with E-state index in [0.29, 0.717) is 23.7 Å². The highest BCUT2D eigenvalue weighted by Crippen LogP contribution is 2.61. The summed E-state index contributed by atoms with van der Waals surface area (Å²) in [7, 11) is 3.26. The van der Waals surface area contributed by atoms with Gasteiger partial charge in [0.2, 0.25) is 0 Å². The molecule has 4 heterocycles. The highest BCUT2D eigenvalue weighted by atomic mass is 16.7. The molecule has 4 bridgehead atoms. The second kappa shape index (κ2) is 5.69. The van der Waals surface area contributed by atoms with Gasteiger partial charge >= 0.3 is 0 Å². The van der Waals surface area contributed by atoms with E-state index in [1.165, 1.54) is 0 Å². The summed E-state index contributed by atoms with van der Waals surface area (Å²) < 4.78 is 34.5. The SMILES string of the molecule is COCOC1C(OCOC)C2OC1C1C3OC(C(C)C3C)C21. The number of ether oxygens (including phenoxy) is 6. The van der Waals surface area contributed by atoms with E-state index in [-0.39, 0.29) is 50.2 Å². The minimum Gasteiger partial charge on any atom is -0.374 e. The smallest absolute Gasteiger partial charge is 0.146 e. The predicted octanol–water partition coefficient (Wildman–Crippen LogP) is 1.03. The lowest BCUT2D eigenvalue weighted by atomic mass is 9.63. The zero-order valence-corrected chi connectivity index (χ0v) is 13.6. The molecule has 6 nitrogen and oxygen atoms in total. The largest absolute Gasteiger partial charge is 0.374 e. The van der Waals surface area contributed by atoms with Crippen molar-refractivity contribution in [2.45, 2.75) is 50.5 Å². The van der Waals surface area contributed by atoms with Gasteiger partial charge in [-0.05, 0) is 11.8 Å². The number of hydrogen-bond acceptors (Lipinski definition) is 6. The van der Waals surface area contributed by atoms with Crippen molar-refractivity contribution in [1.82, 2.24) is 0 Å². The van der Waals surface area contributed by atoms with Crippen LogP contribution < -0.4 is 0 Å². The second-order valence-electron chi connectivity index (χ2n) is 7.08. The fourth-order valence-electron chi connectivity index (χ4n) is 5.16. The molecule has 10 atom stereocenters. The molecule has 4 saturated heterocycles. The van der Waals surface area contributed by atoms with Gasteiger partial charge in [0.15, 0.2) is 0 Å². The summed E-state index contributed by atoms with van der Waals surface area (Å²) in [6.07, 6.45) is 0.446. The van der Waals surface area contributed by atoms with Gasteiger partial charge in [0.1, 0.15) is 25.8 Å². The molecule has 22 heavy (non-hydrogen) atoms. The van der Waals surface area contributed by atoms with Crippen molar-refractivity contribution >= 4 is 0 Å². The lowest BCUT2D eigenvalue weighted by Crippen LogP contribution is -2.55. The first kappa shape index (κ1) is 15.3. The molecule has 0 N–H and O–H groups in total. The summed E-state index contributed by atoms with van der Waals surface area (Å²) in [6.45, 7) is 5.09. The lowest BCUT2D eigenvalue weighted by Gasteiger charge is -2.41. The molecule has 10 unspecified atom stereocenters. The standard InChI is InChI=1S/C16H26O6/c1-7-8(2)12-10-9(11(7)21-12)13-15(19-5-17-3)16(14(10)22-13)20-6-18-4/h7-16H,5-6H2,1-4H3. The third-order valence-electron chi connectivity index (χ3n) is 6.18. The average molecular weight is 314 g/mol. The van der Waals surface area contributed by atoms with Crippen LogP contribution in [0.2, 0.25) is 0 Å². The Morgan fingerprint density at radius 3 is 1.50 bits per heavy atom. The maximum atomic E-state index is 6.30. The number of fused-ring (bicyclic) bond motifs is 9. The predicted molar refractivity (Wildman–Crippen MR) is 76.1 cm³/mol. The van der Waals surface area contributed by atoms with Crippen molar-refractivity contribution in [2.24, 2.45) is 23.7 Å². The molecule has 0 aromatic carbocycles. The zero-order chi connectivity index (χ0) is 15.4. The van der Waals surface area contributed by atoms with Crippen LogP contribution in [0.3, 0.4) is 0 Å². The average Bonchev–Trinajstić information content (AvgIpc) is 3.22. The third-order valence-corrected chi connectivity index (χ3v) is 6.18. The Hall–Kier alpha value is -0.240.